The summed E-state index contributed by atoms with van der Waals surface area (Å²) in [6.07, 6.45) is 2.36. The first-order chi connectivity index (χ1) is 12.7. The minimum atomic E-state index is -0.0474. The molecule has 2 aliphatic rings. The number of likely N-dealkylation sites (N-methyl/N-ethyl adjacent to an activating group) is 1. The maximum Gasteiger partial charge on any atom is 0.173 e. The Morgan fingerprint density at radius 3 is 2.77 bits per heavy atom. The third-order valence-electron chi connectivity index (χ3n) is 5.31. The van der Waals surface area contributed by atoms with Gasteiger partial charge in [0, 0.05) is 37.8 Å². The highest BCUT2D eigenvalue weighted by molar-refractivity contribution is 6.31. The van der Waals surface area contributed by atoms with Crippen molar-refractivity contribution < 1.29 is 4.74 Å². The fourth-order valence-corrected chi connectivity index (χ4v) is 4.03. The molecule has 2 aliphatic heterocycles. The summed E-state index contributed by atoms with van der Waals surface area (Å²) in [4.78, 5) is 4.77. The van der Waals surface area contributed by atoms with E-state index in [-0.39, 0.29) is 12.1 Å². The molecule has 8 heteroatoms. The highest BCUT2D eigenvalue weighted by Crippen LogP contribution is 2.33. The summed E-state index contributed by atoms with van der Waals surface area (Å²) in [6, 6.07) is 7.96. The molecule has 1 aromatic heterocycles. The lowest BCUT2D eigenvalue weighted by Crippen LogP contribution is -2.47. The van der Waals surface area contributed by atoms with Gasteiger partial charge in [0.25, 0.3) is 0 Å². The first kappa shape index (κ1) is 17.9. The molecule has 0 radical (unpaired) electrons. The van der Waals surface area contributed by atoms with Crippen molar-refractivity contribution in [2.24, 2.45) is 0 Å². The molecular weight excluding hydrogens is 352 g/mol. The normalized spacial score (nSPS) is 23.4. The average Bonchev–Trinajstić information content (AvgIpc) is 3.31. The number of nitrogens with zero attached hydrogens (tertiary/aromatic N) is 6. The molecule has 26 heavy (non-hydrogen) atoms. The van der Waals surface area contributed by atoms with E-state index in [1.807, 2.05) is 22.9 Å². The number of halogens is 1. The van der Waals surface area contributed by atoms with Gasteiger partial charge in [-0.3, -0.25) is 4.90 Å². The van der Waals surface area contributed by atoms with Gasteiger partial charge in [-0.2, -0.15) is 0 Å². The monoisotopic (exact) mass is 376 g/mol. The van der Waals surface area contributed by atoms with Crippen LogP contribution in [0, 0.1) is 0 Å². The molecule has 3 heterocycles. The highest BCUT2D eigenvalue weighted by Gasteiger charge is 2.32. The summed E-state index contributed by atoms with van der Waals surface area (Å²) in [5.41, 5.74) is 1.06. The van der Waals surface area contributed by atoms with E-state index < -0.39 is 0 Å². The molecule has 7 nitrogen and oxygen atoms in total. The molecule has 2 unspecified atom stereocenters. The van der Waals surface area contributed by atoms with Crippen LogP contribution in [0.2, 0.25) is 5.02 Å². The standard InChI is InChI=1S/C18H25ClN6O/c1-23-8-10-24(11-9-23)17(15-6-2-3-7-16(15)19)18-20-21-22-25(18)13-14-5-4-12-26-14/h2-3,6-7,14,17H,4-5,8-13H2,1H3. The maximum atomic E-state index is 6.57. The van der Waals surface area contributed by atoms with E-state index >= 15 is 0 Å². The van der Waals surface area contributed by atoms with Crippen LogP contribution < -0.4 is 0 Å². The minimum Gasteiger partial charge on any atom is -0.376 e. The molecule has 4 rings (SSSR count). The molecule has 2 atom stereocenters. The first-order valence-electron chi connectivity index (χ1n) is 9.27. The predicted molar refractivity (Wildman–Crippen MR) is 99.2 cm³/mol. The molecule has 1 aromatic carbocycles. The molecule has 0 N–H and O–H groups in total. The number of benzene rings is 1. The second-order valence-electron chi connectivity index (χ2n) is 7.12. The quantitative estimate of drug-likeness (QED) is 0.793. The van der Waals surface area contributed by atoms with E-state index in [2.05, 4.69) is 38.4 Å². The van der Waals surface area contributed by atoms with Crippen molar-refractivity contribution in [1.29, 1.82) is 0 Å². The summed E-state index contributed by atoms with van der Waals surface area (Å²) in [5, 5.41) is 13.4. The van der Waals surface area contributed by atoms with Crippen molar-refractivity contribution in [3.63, 3.8) is 0 Å². The zero-order chi connectivity index (χ0) is 17.9. The van der Waals surface area contributed by atoms with Crippen LogP contribution in [0.5, 0.6) is 0 Å². The predicted octanol–water partition coefficient (Wildman–Crippen LogP) is 1.84. The van der Waals surface area contributed by atoms with Crippen molar-refractivity contribution >= 4 is 11.6 Å². The van der Waals surface area contributed by atoms with Crippen LogP contribution in [0.1, 0.15) is 30.3 Å². The third-order valence-corrected chi connectivity index (χ3v) is 5.65. The number of aromatic nitrogens is 4. The average molecular weight is 377 g/mol. The Hall–Kier alpha value is -1.54. The molecule has 0 spiro atoms. The fraction of sp³-hybridized carbons (Fsp3) is 0.611. The molecule has 140 valence electrons. The van der Waals surface area contributed by atoms with Crippen LogP contribution in [-0.4, -0.2) is 75.9 Å². The van der Waals surface area contributed by atoms with E-state index in [4.69, 9.17) is 16.3 Å². The van der Waals surface area contributed by atoms with Crippen molar-refractivity contribution in [2.75, 3.05) is 39.8 Å². The molecular formula is C18H25ClN6O. The number of hydrogen-bond acceptors (Lipinski definition) is 6. The van der Waals surface area contributed by atoms with E-state index in [1.165, 1.54) is 0 Å². The fourth-order valence-electron chi connectivity index (χ4n) is 3.79. The molecule has 0 amide bonds. The van der Waals surface area contributed by atoms with Gasteiger partial charge in [0.2, 0.25) is 0 Å². The SMILES string of the molecule is CN1CCN(C(c2ccccc2Cl)c2nnnn2CC2CCCO2)CC1. The van der Waals surface area contributed by atoms with E-state index in [1.54, 1.807) is 0 Å². The van der Waals surface area contributed by atoms with Crippen LogP contribution in [0.15, 0.2) is 24.3 Å². The van der Waals surface area contributed by atoms with Gasteiger partial charge in [-0.1, -0.05) is 29.8 Å². The molecule has 0 bridgehead atoms. The van der Waals surface area contributed by atoms with Crippen LogP contribution >= 0.6 is 11.6 Å². The molecule has 2 saturated heterocycles. The van der Waals surface area contributed by atoms with Crippen LogP contribution in [0.25, 0.3) is 0 Å². The van der Waals surface area contributed by atoms with Crippen LogP contribution in [-0.2, 0) is 11.3 Å². The maximum absolute atomic E-state index is 6.57. The lowest BCUT2D eigenvalue weighted by atomic mass is 10.0. The largest absolute Gasteiger partial charge is 0.376 e. The topological polar surface area (TPSA) is 59.3 Å². The van der Waals surface area contributed by atoms with Gasteiger partial charge in [-0.15, -0.1) is 5.10 Å². The highest BCUT2D eigenvalue weighted by atomic mass is 35.5. The first-order valence-corrected chi connectivity index (χ1v) is 9.65. The number of hydrogen-bond donors (Lipinski definition) is 0. The number of ether oxygens (including phenoxy) is 1. The Balaban J connectivity index is 1.67. The van der Waals surface area contributed by atoms with Gasteiger partial charge in [0.05, 0.1) is 18.7 Å². The Kier molecular flexibility index (Phi) is 5.49. The van der Waals surface area contributed by atoms with Gasteiger partial charge >= 0.3 is 0 Å². The third kappa shape index (κ3) is 3.76. The molecule has 0 saturated carbocycles. The molecule has 2 fully saturated rings. The Labute approximate surface area is 158 Å². The van der Waals surface area contributed by atoms with Crippen LogP contribution in [0.4, 0.5) is 0 Å². The Morgan fingerprint density at radius 2 is 2.04 bits per heavy atom. The van der Waals surface area contributed by atoms with Crippen molar-refractivity contribution in [2.45, 2.75) is 31.5 Å². The minimum absolute atomic E-state index is 0.0474. The zero-order valence-corrected chi connectivity index (χ0v) is 15.8. The van der Waals surface area contributed by atoms with Crippen molar-refractivity contribution in [3.8, 4) is 0 Å². The lowest BCUT2D eigenvalue weighted by molar-refractivity contribution is 0.0879. The van der Waals surface area contributed by atoms with Crippen LogP contribution in [0.3, 0.4) is 0 Å². The second-order valence-corrected chi connectivity index (χ2v) is 7.52. The van der Waals surface area contributed by atoms with Gasteiger partial charge in [-0.05, 0) is 41.9 Å². The summed E-state index contributed by atoms with van der Waals surface area (Å²) in [6.45, 7) is 5.48. The summed E-state index contributed by atoms with van der Waals surface area (Å²) in [7, 11) is 2.16. The van der Waals surface area contributed by atoms with E-state index in [0.29, 0.717) is 6.54 Å². The van der Waals surface area contributed by atoms with E-state index in [9.17, 15) is 0 Å². The number of tetrazole rings is 1. The molecule has 0 aliphatic carbocycles. The van der Waals surface area contributed by atoms with Gasteiger partial charge in [0.1, 0.15) is 0 Å². The smallest absolute Gasteiger partial charge is 0.173 e. The summed E-state index contributed by atoms with van der Waals surface area (Å²) < 4.78 is 7.69. The Bertz CT molecular complexity index is 724. The molecule has 2 aromatic rings. The van der Waals surface area contributed by atoms with E-state index in [0.717, 1.165) is 62.0 Å². The van der Waals surface area contributed by atoms with Gasteiger partial charge < -0.3 is 9.64 Å². The van der Waals surface area contributed by atoms with Gasteiger partial charge in [0.15, 0.2) is 5.82 Å². The number of rotatable bonds is 5. The van der Waals surface area contributed by atoms with Crippen molar-refractivity contribution in [1.82, 2.24) is 30.0 Å². The number of piperazine rings is 1. The second kappa shape index (κ2) is 8.00. The lowest BCUT2D eigenvalue weighted by Gasteiger charge is -2.37. The Morgan fingerprint density at radius 1 is 1.23 bits per heavy atom. The zero-order valence-electron chi connectivity index (χ0n) is 15.1. The summed E-state index contributed by atoms with van der Waals surface area (Å²) in [5.74, 6) is 0.846. The van der Waals surface area contributed by atoms with Gasteiger partial charge in [-0.25, -0.2) is 4.68 Å². The summed E-state index contributed by atoms with van der Waals surface area (Å²) >= 11 is 6.57. The van der Waals surface area contributed by atoms with Crippen molar-refractivity contribution in [3.05, 3.63) is 40.7 Å².